The predicted molar refractivity (Wildman–Crippen MR) is 112 cm³/mol. The zero-order valence-electron chi connectivity index (χ0n) is 17.0. The van der Waals surface area contributed by atoms with Gasteiger partial charge in [-0.2, -0.15) is 0 Å². The zero-order chi connectivity index (χ0) is 21.3. The Labute approximate surface area is 174 Å². The summed E-state index contributed by atoms with van der Waals surface area (Å²) in [4.78, 5) is 0. The van der Waals surface area contributed by atoms with Gasteiger partial charge in [0.1, 0.15) is 23.3 Å². The molecule has 0 bridgehead atoms. The Kier molecular flexibility index (Phi) is 5.94. The summed E-state index contributed by atoms with van der Waals surface area (Å²) in [6.07, 6.45) is 4.34. The molecule has 4 heteroatoms. The van der Waals surface area contributed by atoms with E-state index in [9.17, 15) is 13.2 Å². The van der Waals surface area contributed by atoms with Gasteiger partial charge in [0.05, 0.1) is 5.56 Å². The summed E-state index contributed by atoms with van der Waals surface area (Å²) in [6.45, 7) is 2.10. The maximum atomic E-state index is 15.2. The van der Waals surface area contributed by atoms with E-state index in [1.165, 1.54) is 30.3 Å². The van der Waals surface area contributed by atoms with E-state index in [1.807, 2.05) is 12.1 Å². The van der Waals surface area contributed by atoms with Crippen molar-refractivity contribution in [2.24, 2.45) is 0 Å². The van der Waals surface area contributed by atoms with Crippen molar-refractivity contribution in [3.63, 3.8) is 0 Å². The van der Waals surface area contributed by atoms with Crippen LogP contribution in [0.4, 0.5) is 17.6 Å². The van der Waals surface area contributed by atoms with Crippen LogP contribution in [0.2, 0.25) is 0 Å². The van der Waals surface area contributed by atoms with Crippen molar-refractivity contribution in [3.05, 3.63) is 94.1 Å². The molecule has 0 spiro atoms. The van der Waals surface area contributed by atoms with E-state index in [0.717, 1.165) is 24.8 Å². The van der Waals surface area contributed by atoms with Gasteiger partial charge < -0.3 is 0 Å². The van der Waals surface area contributed by atoms with E-state index in [4.69, 9.17) is 0 Å². The number of unbranched alkanes of at least 4 members (excludes halogenated alkanes) is 1. The maximum Gasteiger partial charge on any atom is 0.137 e. The Balaban J connectivity index is 1.63. The van der Waals surface area contributed by atoms with Crippen molar-refractivity contribution >= 4 is 0 Å². The van der Waals surface area contributed by atoms with Crippen LogP contribution in [0.1, 0.15) is 54.4 Å². The van der Waals surface area contributed by atoms with Gasteiger partial charge in [0.2, 0.25) is 0 Å². The van der Waals surface area contributed by atoms with Crippen molar-refractivity contribution in [2.75, 3.05) is 0 Å². The fourth-order valence-electron chi connectivity index (χ4n) is 4.43. The minimum absolute atomic E-state index is 0.104. The monoisotopic (exact) mass is 412 g/mol. The molecular weight excluding hydrogens is 388 g/mol. The van der Waals surface area contributed by atoms with E-state index >= 15 is 4.39 Å². The van der Waals surface area contributed by atoms with Gasteiger partial charge in [-0.25, -0.2) is 17.6 Å². The summed E-state index contributed by atoms with van der Waals surface area (Å²) < 4.78 is 57.9. The fourth-order valence-corrected chi connectivity index (χ4v) is 4.43. The molecule has 0 N–H and O–H groups in total. The van der Waals surface area contributed by atoms with E-state index < -0.39 is 17.5 Å². The highest BCUT2D eigenvalue weighted by molar-refractivity contribution is 5.67. The highest BCUT2D eigenvalue weighted by atomic mass is 19.1. The third kappa shape index (κ3) is 4.00. The molecule has 0 fully saturated rings. The molecule has 1 unspecified atom stereocenters. The Hall–Kier alpha value is -2.62. The van der Waals surface area contributed by atoms with Crippen molar-refractivity contribution in [1.82, 2.24) is 0 Å². The first kappa shape index (κ1) is 20.6. The van der Waals surface area contributed by atoms with Gasteiger partial charge >= 0.3 is 0 Å². The first-order chi connectivity index (χ1) is 14.5. The smallest absolute Gasteiger partial charge is 0.137 e. The first-order valence-electron chi connectivity index (χ1n) is 10.5. The van der Waals surface area contributed by atoms with Crippen LogP contribution in [0.5, 0.6) is 0 Å². The third-order valence-electron chi connectivity index (χ3n) is 6.08. The van der Waals surface area contributed by atoms with E-state index in [-0.39, 0.29) is 17.3 Å². The van der Waals surface area contributed by atoms with Crippen LogP contribution in [0.25, 0.3) is 11.1 Å². The molecule has 1 aliphatic carbocycles. The second-order valence-electron chi connectivity index (χ2n) is 8.09. The van der Waals surface area contributed by atoms with Crippen LogP contribution < -0.4 is 0 Å². The van der Waals surface area contributed by atoms with Crippen LogP contribution >= 0.6 is 0 Å². The van der Waals surface area contributed by atoms with Crippen LogP contribution in [0.15, 0.2) is 48.5 Å². The molecule has 0 saturated heterocycles. The number of hydrogen-bond donors (Lipinski definition) is 0. The van der Waals surface area contributed by atoms with Gasteiger partial charge in [0.25, 0.3) is 0 Å². The lowest BCUT2D eigenvalue weighted by atomic mass is 9.78. The highest BCUT2D eigenvalue weighted by Crippen LogP contribution is 2.39. The minimum atomic E-state index is -0.672. The lowest BCUT2D eigenvalue weighted by molar-refractivity contribution is 0.506. The Morgan fingerprint density at radius 3 is 2.37 bits per heavy atom. The molecule has 4 rings (SSSR count). The molecule has 0 aromatic heterocycles. The standard InChI is InChI=1S/C26H24F4/c1-2-3-4-16-5-11-21(23(28)13-16)18-8-12-22-19(14-18)15-24(29)25(26(22)30)17-6-9-20(27)10-7-17/h5-7,9-11,13,15,18H,2-4,8,12,14H2,1H3. The van der Waals surface area contributed by atoms with E-state index in [1.54, 1.807) is 6.07 Å². The molecule has 1 aliphatic rings. The van der Waals surface area contributed by atoms with Gasteiger partial charge in [-0.15, -0.1) is 0 Å². The highest BCUT2D eigenvalue weighted by Gasteiger charge is 2.28. The number of benzene rings is 3. The Bertz CT molecular complexity index is 1050. The lowest BCUT2D eigenvalue weighted by Crippen LogP contribution is -2.17. The Morgan fingerprint density at radius 1 is 0.900 bits per heavy atom. The van der Waals surface area contributed by atoms with Crippen LogP contribution in [-0.4, -0.2) is 0 Å². The normalized spacial score (nSPS) is 15.8. The summed E-state index contributed by atoms with van der Waals surface area (Å²) in [5.41, 5.74) is 2.84. The summed E-state index contributed by atoms with van der Waals surface area (Å²) in [7, 11) is 0. The van der Waals surface area contributed by atoms with Crippen LogP contribution in [-0.2, 0) is 19.3 Å². The van der Waals surface area contributed by atoms with Gasteiger partial charge in [-0.1, -0.05) is 37.6 Å². The topological polar surface area (TPSA) is 0 Å². The number of aryl methyl sites for hydroxylation is 1. The predicted octanol–water partition coefficient (Wildman–Crippen LogP) is 7.53. The van der Waals surface area contributed by atoms with E-state index in [0.29, 0.717) is 41.5 Å². The maximum absolute atomic E-state index is 15.2. The van der Waals surface area contributed by atoms with Gasteiger partial charge in [-0.05, 0) is 90.1 Å². The lowest BCUT2D eigenvalue weighted by Gasteiger charge is -2.27. The summed E-state index contributed by atoms with van der Waals surface area (Å²) in [5.74, 6) is -2.06. The molecule has 0 heterocycles. The summed E-state index contributed by atoms with van der Waals surface area (Å²) >= 11 is 0. The van der Waals surface area contributed by atoms with Crippen molar-refractivity contribution < 1.29 is 17.6 Å². The number of hydrogen-bond acceptors (Lipinski definition) is 0. The fraction of sp³-hybridized carbons (Fsp3) is 0.308. The minimum Gasteiger partial charge on any atom is -0.207 e. The zero-order valence-corrected chi connectivity index (χ0v) is 17.0. The van der Waals surface area contributed by atoms with Gasteiger partial charge in [-0.3, -0.25) is 0 Å². The molecule has 30 heavy (non-hydrogen) atoms. The SMILES string of the molecule is CCCCc1ccc(C2CCc3c(cc(F)c(-c4ccc(F)cc4)c3F)C2)c(F)c1. The molecule has 3 aromatic rings. The molecule has 0 amide bonds. The molecule has 0 radical (unpaired) electrons. The third-order valence-corrected chi connectivity index (χ3v) is 6.08. The molecular formula is C26H24F4. The molecule has 0 aliphatic heterocycles. The quantitative estimate of drug-likeness (QED) is 0.380. The Morgan fingerprint density at radius 2 is 1.67 bits per heavy atom. The van der Waals surface area contributed by atoms with Gasteiger partial charge in [0, 0.05) is 0 Å². The van der Waals surface area contributed by atoms with Gasteiger partial charge in [0.15, 0.2) is 0 Å². The molecule has 3 aromatic carbocycles. The first-order valence-corrected chi connectivity index (χ1v) is 10.5. The second kappa shape index (κ2) is 8.63. The van der Waals surface area contributed by atoms with E-state index in [2.05, 4.69) is 6.92 Å². The molecule has 0 saturated carbocycles. The number of rotatable bonds is 5. The largest absolute Gasteiger partial charge is 0.207 e. The molecule has 0 nitrogen and oxygen atoms in total. The average Bonchev–Trinajstić information content (AvgIpc) is 2.73. The van der Waals surface area contributed by atoms with Crippen molar-refractivity contribution in [1.29, 1.82) is 0 Å². The average molecular weight is 412 g/mol. The molecule has 156 valence electrons. The number of halogens is 4. The second-order valence-corrected chi connectivity index (χ2v) is 8.09. The number of fused-ring (bicyclic) bond motifs is 1. The molecule has 1 atom stereocenters. The van der Waals surface area contributed by atoms with Crippen molar-refractivity contribution in [3.8, 4) is 11.1 Å². The summed E-state index contributed by atoms with van der Waals surface area (Å²) in [6, 6.07) is 11.9. The van der Waals surface area contributed by atoms with Crippen LogP contribution in [0.3, 0.4) is 0 Å². The van der Waals surface area contributed by atoms with Crippen LogP contribution in [0, 0.1) is 23.3 Å². The summed E-state index contributed by atoms with van der Waals surface area (Å²) in [5, 5.41) is 0. The van der Waals surface area contributed by atoms with Crippen molar-refractivity contribution in [2.45, 2.75) is 51.4 Å².